The van der Waals surface area contributed by atoms with Gasteiger partial charge in [0.15, 0.2) is 5.82 Å². The Kier molecular flexibility index (Phi) is 6.81. The van der Waals surface area contributed by atoms with E-state index in [2.05, 4.69) is 10.1 Å². The second-order valence-electron chi connectivity index (χ2n) is 9.37. The third-order valence-corrected chi connectivity index (χ3v) is 7.24. The maximum Gasteiger partial charge on any atom is 0.257 e. The largest absolute Gasteiger partial charge is 0.343 e. The van der Waals surface area contributed by atoms with Gasteiger partial charge >= 0.3 is 0 Å². The lowest BCUT2D eigenvalue weighted by Gasteiger charge is -2.31. The maximum absolute atomic E-state index is 13.4. The summed E-state index contributed by atoms with van der Waals surface area (Å²) in [5, 5.41) is 5.10. The Balaban J connectivity index is 1.27. The van der Waals surface area contributed by atoms with Crippen molar-refractivity contribution in [1.82, 2.24) is 29.5 Å². The Hall–Kier alpha value is -3.26. The molecule has 4 heterocycles. The van der Waals surface area contributed by atoms with Gasteiger partial charge in [0.2, 0.25) is 5.91 Å². The number of amides is 2. The van der Waals surface area contributed by atoms with Crippen molar-refractivity contribution in [3.8, 4) is 11.4 Å². The molecular formula is C26H29ClN6O2. The van der Waals surface area contributed by atoms with Crippen molar-refractivity contribution < 1.29 is 9.59 Å². The number of hydrogen-bond donors (Lipinski definition) is 0. The second kappa shape index (κ2) is 10.2. The van der Waals surface area contributed by atoms with Crippen LogP contribution in [0.3, 0.4) is 0 Å². The molecule has 0 aliphatic carbocycles. The third-order valence-electron chi connectivity index (χ3n) is 7.00. The van der Waals surface area contributed by atoms with Crippen LogP contribution in [0.4, 0.5) is 0 Å². The van der Waals surface area contributed by atoms with Gasteiger partial charge in [-0.15, -0.1) is 0 Å². The molecule has 2 aromatic heterocycles. The van der Waals surface area contributed by atoms with Crippen molar-refractivity contribution in [3.05, 3.63) is 65.2 Å². The van der Waals surface area contributed by atoms with Crippen LogP contribution in [-0.4, -0.2) is 61.0 Å². The van der Waals surface area contributed by atoms with E-state index in [1.165, 1.54) is 0 Å². The van der Waals surface area contributed by atoms with Crippen molar-refractivity contribution in [2.24, 2.45) is 5.92 Å². The molecule has 2 amide bonds. The molecule has 0 spiro atoms. The van der Waals surface area contributed by atoms with E-state index in [1.54, 1.807) is 19.3 Å². The average molecular weight is 493 g/mol. The Morgan fingerprint density at radius 1 is 1.11 bits per heavy atom. The Bertz CT molecular complexity index is 1220. The third kappa shape index (κ3) is 5.22. The molecule has 0 bridgehead atoms. The molecule has 2 saturated heterocycles. The number of carbonyl (C=O) groups excluding carboxylic acids is 2. The van der Waals surface area contributed by atoms with Gasteiger partial charge in [-0.25, -0.2) is 9.97 Å². The van der Waals surface area contributed by atoms with Crippen LogP contribution in [0.1, 0.15) is 54.7 Å². The fourth-order valence-electron chi connectivity index (χ4n) is 5.08. The van der Waals surface area contributed by atoms with E-state index >= 15 is 0 Å². The zero-order valence-corrected chi connectivity index (χ0v) is 20.6. The number of nitrogens with zero attached hydrogens (tertiary/aromatic N) is 6. The van der Waals surface area contributed by atoms with Crippen LogP contribution in [0.15, 0.2) is 48.9 Å². The van der Waals surface area contributed by atoms with Crippen molar-refractivity contribution in [2.75, 3.05) is 19.6 Å². The summed E-state index contributed by atoms with van der Waals surface area (Å²) < 4.78 is 1.87. The lowest BCUT2D eigenvalue weighted by molar-refractivity contribution is -0.130. The number of aromatic nitrogens is 4. The van der Waals surface area contributed by atoms with Crippen LogP contribution in [0.2, 0.25) is 5.02 Å². The molecule has 2 aliphatic rings. The fourth-order valence-corrected chi connectivity index (χ4v) is 5.27. The van der Waals surface area contributed by atoms with E-state index in [4.69, 9.17) is 16.6 Å². The molecule has 5 rings (SSSR count). The van der Waals surface area contributed by atoms with Crippen LogP contribution in [0.5, 0.6) is 0 Å². The van der Waals surface area contributed by atoms with E-state index in [-0.39, 0.29) is 17.9 Å². The molecule has 8 nitrogen and oxygen atoms in total. The smallest absolute Gasteiger partial charge is 0.257 e. The van der Waals surface area contributed by atoms with Gasteiger partial charge in [0, 0.05) is 56.1 Å². The number of halogens is 1. The molecule has 0 N–H and O–H groups in total. The molecule has 9 heteroatoms. The molecule has 0 unspecified atom stereocenters. The van der Waals surface area contributed by atoms with Crippen molar-refractivity contribution in [2.45, 2.75) is 45.2 Å². The number of rotatable bonds is 5. The second-order valence-corrected chi connectivity index (χ2v) is 9.81. The standard InChI is InChI=1S/C26H29ClN6O2/c1-18(34)31-12-8-19(9-13-31)16-32-17-21(15-29-32)26(35)33-11-3-6-24(33)23-7-10-28-25(30-23)20-4-2-5-22(27)14-20/h2,4-5,7,10,14-15,17,19,24H,3,6,8-9,11-13,16H2,1H3/t24-/m1/s1. The van der Waals surface area contributed by atoms with Crippen molar-refractivity contribution >= 4 is 23.4 Å². The first-order valence-electron chi connectivity index (χ1n) is 12.2. The summed E-state index contributed by atoms with van der Waals surface area (Å²) in [6.07, 6.45) is 8.97. The molecular weight excluding hydrogens is 464 g/mol. The Labute approximate surface area is 209 Å². The first-order valence-corrected chi connectivity index (χ1v) is 12.5. The average Bonchev–Trinajstić information content (AvgIpc) is 3.54. The molecule has 0 radical (unpaired) electrons. The minimum Gasteiger partial charge on any atom is -0.343 e. The van der Waals surface area contributed by atoms with Gasteiger partial charge in [-0.05, 0) is 49.8 Å². The Morgan fingerprint density at radius 2 is 1.94 bits per heavy atom. The molecule has 3 aromatic rings. The molecule has 182 valence electrons. The van der Waals surface area contributed by atoms with E-state index < -0.39 is 0 Å². The summed E-state index contributed by atoms with van der Waals surface area (Å²) in [7, 11) is 0. The predicted octanol–water partition coefficient (Wildman–Crippen LogP) is 4.23. The molecule has 2 fully saturated rings. The lowest BCUT2D eigenvalue weighted by Crippen LogP contribution is -2.38. The lowest BCUT2D eigenvalue weighted by atomic mass is 9.97. The summed E-state index contributed by atoms with van der Waals surface area (Å²) >= 11 is 6.14. The van der Waals surface area contributed by atoms with Crippen LogP contribution in [0.25, 0.3) is 11.4 Å². The number of carbonyl (C=O) groups is 2. The summed E-state index contributed by atoms with van der Waals surface area (Å²) in [6, 6.07) is 9.27. The zero-order valence-electron chi connectivity index (χ0n) is 19.8. The highest BCUT2D eigenvalue weighted by Gasteiger charge is 2.32. The molecule has 0 saturated carbocycles. The summed E-state index contributed by atoms with van der Waals surface area (Å²) in [6.45, 7) is 4.65. The number of piperidine rings is 1. The topological polar surface area (TPSA) is 84.2 Å². The van der Waals surface area contributed by atoms with Crippen molar-refractivity contribution in [3.63, 3.8) is 0 Å². The highest BCUT2D eigenvalue weighted by molar-refractivity contribution is 6.30. The fraction of sp³-hybridized carbons (Fsp3) is 0.423. The highest BCUT2D eigenvalue weighted by atomic mass is 35.5. The normalized spacial score (nSPS) is 18.7. The maximum atomic E-state index is 13.4. The Morgan fingerprint density at radius 3 is 2.71 bits per heavy atom. The van der Waals surface area contributed by atoms with Gasteiger partial charge in [-0.3, -0.25) is 14.3 Å². The van der Waals surface area contributed by atoms with E-state index in [0.717, 1.165) is 56.6 Å². The SMILES string of the molecule is CC(=O)N1CCC(Cn2cc(C(=O)N3CCC[C@@H]3c3ccnc(-c4cccc(Cl)c4)n3)cn2)CC1. The van der Waals surface area contributed by atoms with Crippen LogP contribution < -0.4 is 0 Å². The summed E-state index contributed by atoms with van der Waals surface area (Å²) in [5.74, 6) is 1.18. The zero-order chi connectivity index (χ0) is 24.4. The van der Waals surface area contributed by atoms with Gasteiger partial charge in [0.1, 0.15) is 0 Å². The summed E-state index contributed by atoms with van der Waals surface area (Å²) in [5.41, 5.74) is 2.29. The van der Waals surface area contributed by atoms with Gasteiger partial charge in [-0.1, -0.05) is 23.7 Å². The van der Waals surface area contributed by atoms with E-state index in [9.17, 15) is 9.59 Å². The molecule has 1 atom stereocenters. The molecule has 1 aromatic carbocycles. The van der Waals surface area contributed by atoms with Crippen molar-refractivity contribution in [1.29, 1.82) is 0 Å². The van der Waals surface area contributed by atoms with Crippen LogP contribution in [-0.2, 0) is 11.3 Å². The van der Waals surface area contributed by atoms with E-state index in [0.29, 0.717) is 28.9 Å². The van der Waals surface area contributed by atoms with Crippen LogP contribution >= 0.6 is 11.6 Å². The quantitative estimate of drug-likeness (QED) is 0.532. The minimum atomic E-state index is -0.0947. The van der Waals surface area contributed by atoms with Crippen LogP contribution in [0, 0.1) is 5.92 Å². The number of likely N-dealkylation sites (tertiary alicyclic amines) is 2. The highest BCUT2D eigenvalue weighted by Crippen LogP contribution is 2.33. The first-order chi connectivity index (χ1) is 17.0. The van der Waals surface area contributed by atoms with E-state index in [1.807, 2.05) is 51.0 Å². The van der Waals surface area contributed by atoms with Gasteiger partial charge in [0.05, 0.1) is 23.5 Å². The van der Waals surface area contributed by atoms with Gasteiger partial charge < -0.3 is 9.80 Å². The minimum absolute atomic E-state index is 0.0203. The molecule has 35 heavy (non-hydrogen) atoms. The number of benzene rings is 1. The van der Waals surface area contributed by atoms with Gasteiger partial charge in [-0.2, -0.15) is 5.10 Å². The first kappa shape index (κ1) is 23.5. The monoisotopic (exact) mass is 492 g/mol. The molecule has 2 aliphatic heterocycles. The number of hydrogen-bond acceptors (Lipinski definition) is 5. The van der Waals surface area contributed by atoms with Gasteiger partial charge in [0.25, 0.3) is 5.91 Å². The summed E-state index contributed by atoms with van der Waals surface area (Å²) in [4.78, 5) is 38.0. The predicted molar refractivity (Wildman–Crippen MR) is 133 cm³/mol.